The van der Waals surface area contributed by atoms with E-state index in [1.807, 2.05) is 13.8 Å². The van der Waals surface area contributed by atoms with Gasteiger partial charge in [0.05, 0.1) is 13.7 Å². The molecule has 3 amide bonds. The molecule has 7 heteroatoms. The van der Waals surface area contributed by atoms with E-state index >= 15 is 0 Å². The summed E-state index contributed by atoms with van der Waals surface area (Å²) in [6.45, 7) is 4.30. The molecule has 0 bridgehead atoms. The molecule has 0 aromatic rings. The summed E-state index contributed by atoms with van der Waals surface area (Å²) in [4.78, 5) is 35.4. The maximum atomic E-state index is 11.5. The number of carbonyl (C=O) groups excluding carboxylic acids is 3. The number of amides is 3. The molecule has 0 aliphatic carbocycles. The van der Waals surface area contributed by atoms with Gasteiger partial charge in [0.25, 0.3) is 0 Å². The second kappa shape index (κ2) is 9.32. The Morgan fingerprint density at radius 1 is 1.26 bits per heavy atom. The number of ether oxygens (including phenoxy) is 1. The third kappa shape index (κ3) is 10.0. The van der Waals surface area contributed by atoms with Crippen molar-refractivity contribution in [1.82, 2.24) is 15.5 Å². The first-order valence-corrected chi connectivity index (χ1v) is 6.20. The molecule has 0 rings (SSSR count). The predicted octanol–water partition coefficient (Wildman–Crippen LogP) is 0.106. The molecule has 0 aliphatic heterocycles. The van der Waals surface area contributed by atoms with E-state index in [1.165, 1.54) is 7.11 Å². The van der Waals surface area contributed by atoms with Crippen LogP contribution in [0.2, 0.25) is 0 Å². The van der Waals surface area contributed by atoms with Crippen molar-refractivity contribution < 1.29 is 19.1 Å². The third-order valence-electron chi connectivity index (χ3n) is 2.23. The number of esters is 1. The Kier molecular flexibility index (Phi) is 8.52. The topological polar surface area (TPSA) is 87.7 Å². The molecule has 2 N–H and O–H groups in total. The van der Waals surface area contributed by atoms with Crippen LogP contribution in [-0.4, -0.2) is 56.1 Å². The smallest absolute Gasteiger partial charge is 0.321 e. The van der Waals surface area contributed by atoms with Crippen LogP contribution >= 0.6 is 0 Å². The first-order chi connectivity index (χ1) is 8.85. The Hall–Kier alpha value is -1.63. The maximum Gasteiger partial charge on any atom is 0.321 e. The van der Waals surface area contributed by atoms with Crippen LogP contribution in [0.5, 0.6) is 0 Å². The quantitative estimate of drug-likeness (QED) is 0.643. The Labute approximate surface area is 113 Å². The van der Waals surface area contributed by atoms with Crippen molar-refractivity contribution in [3.8, 4) is 0 Å². The molecule has 0 aromatic carbocycles. The first kappa shape index (κ1) is 17.4. The molecule has 7 nitrogen and oxygen atoms in total. The van der Waals surface area contributed by atoms with Crippen LogP contribution in [0.3, 0.4) is 0 Å². The summed E-state index contributed by atoms with van der Waals surface area (Å²) in [5.74, 6) is -0.645. The van der Waals surface area contributed by atoms with E-state index < -0.39 is 6.03 Å². The predicted molar refractivity (Wildman–Crippen MR) is 70.6 cm³/mol. The second-order valence-corrected chi connectivity index (χ2v) is 4.59. The van der Waals surface area contributed by atoms with Crippen molar-refractivity contribution in [2.45, 2.75) is 32.7 Å². The minimum Gasteiger partial charge on any atom is -0.469 e. The zero-order valence-electron chi connectivity index (χ0n) is 12.0. The first-order valence-electron chi connectivity index (χ1n) is 6.20. The van der Waals surface area contributed by atoms with Gasteiger partial charge in [-0.2, -0.15) is 0 Å². The van der Waals surface area contributed by atoms with Crippen LogP contribution < -0.4 is 10.6 Å². The lowest BCUT2D eigenvalue weighted by Gasteiger charge is -2.16. The van der Waals surface area contributed by atoms with Crippen LogP contribution in [0, 0.1) is 0 Å². The highest BCUT2D eigenvalue weighted by Gasteiger charge is 2.11. The number of nitrogens with zero attached hydrogens (tertiary/aromatic N) is 1. The summed E-state index contributed by atoms with van der Waals surface area (Å²) >= 11 is 0. The van der Waals surface area contributed by atoms with Gasteiger partial charge in [-0.1, -0.05) is 0 Å². The molecule has 0 aromatic heterocycles. The average molecular weight is 273 g/mol. The summed E-state index contributed by atoms with van der Waals surface area (Å²) in [5.41, 5.74) is 0. The molecule has 0 unspecified atom stereocenters. The standard InChI is InChI=1S/C12H23N3O4/c1-9(2)13-12(18)14-10(16)8-15(3)7-5-6-11(17)19-4/h9H,5-8H2,1-4H3,(H2,13,14,16,18). The van der Waals surface area contributed by atoms with E-state index in [1.54, 1.807) is 11.9 Å². The fraction of sp³-hybridized carbons (Fsp3) is 0.750. The highest BCUT2D eigenvalue weighted by atomic mass is 16.5. The molecular formula is C12H23N3O4. The number of hydrogen-bond donors (Lipinski definition) is 2. The summed E-state index contributed by atoms with van der Waals surface area (Å²) in [5, 5.41) is 4.79. The Morgan fingerprint density at radius 2 is 1.89 bits per heavy atom. The number of nitrogens with one attached hydrogen (secondary N) is 2. The van der Waals surface area contributed by atoms with Crippen LogP contribution in [0.25, 0.3) is 0 Å². The minimum absolute atomic E-state index is 0.0226. The number of hydrogen-bond acceptors (Lipinski definition) is 5. The fourth-order valence-corrected chi connectivity index (χ4v) is 1.38. The van der Waals surface area contributed by atoms with Gasteiger partial charge in [0.15, 0.2) is 0 Å². The number of imide groups is 1. The monoisotopic (exact) mass is 273 g/mol. The van der Waals surface area contributed by atoms with Crippen molar-refractivity contribution in [1.29, 1.82) is 0 Å². The van der Waals surface area contributed by atoms with E-state index in [4.69, 9.17) is 0 Å². The lowest BCUT2D eigenvalue weighted by molar-refractivity contribution is -0.140. The van der Waals surface area contributed by atoms with Crippen molar-refractivity contribution in [2.24, 2.45) is 0 Å². The largest absolute Gasteiger partial charge is 0.469 e. The van der Waals surface area contributed by atoms with E-state index in [9.17, 15) is 14.4 Å². The zero-order valence-corrected chi connectivity index (χ0v) is 12.0. The highest BCUT2D eigenvalue weighted by molar-refractivity contribution is 5.95. The number of likely N-dealkylation sites (N-methyl/N-ethyl adjacent to an activating group) is 1. The van der Waals surface area contributed by atoms with Gasteiger partial charge in [0.1, 0.15) is 0 Å². The fourth-order valence-electron chi connectivity index (χ4n) is 1.38. The number of carbonyl (C=O) groups is 3. The van der Waals surface area contributed by atoms with Crippen molar-refractivity contribution in [2.75, 3.05) is 27.2 Å². The third-order valence-corrected chi connectivity index (χ3v) is 2.23. The molecule has 110 valence electrons. The van der Waals surface area contributed by atoms with Gasteiger partial charge in [-0.3, -0.25) is 19.8 Å². The van der Waals surface area contributed by atoms with Crippen LogP contribution in [-0.2, 0) is 14.3 Å². The van der Waals surface area contributed by atoms with Crippen molar-refractivity contribution in [3.63, 3.8) is 0 Å². The average Bonchev–Trinajstić information content (AvgIpc) is 2.26. The van der Waals surface area contributed by atoms with E-state index in [0.717, 1.165) is 0 Å². The Bertz CT molecular complexity index is 318. The molecule has 19 heavy (non-hydrogen) atoms. The van der Waals surface area contributed by atoms with Crippen LogP contribution in [0.15, 0.2) is 0 Å². The molecule has 0 heterocycles. The number of methoxy groups -OCH3 is 1. The van der Waals surface area contributed by atoms with Crippen molar-refractivity contribution >= 4 is 17.9 Å². The molecule has 0 atom stereocenters. The SMILES string of the molecule is COC(=O)CCCN(C)CC(=O)NC(=O)NC(C)C. The molecule has 0 saturated carbocycles. The number of rotatable bonds is 7. The highest BCUT2D eigenvalue weighted by Crippen LogP contribution is 1.94. The van der Waals surface area contributed by atoms with Gasteiger partial charge in [-0.05, 0) is 33.9 Å². The molecule has 0 radical (unpaired) electrons. The van der Waals surface area contributed by atoms with Crippen molar-refractivity contribution in [3.05, 3.63) is 0 Å². The molecule has 0 saturated heterocycles. The van der Waals surface area contributed by atoms with E-state index in [0.29, 0.717) is 19.4 Å². The molecule has 0 aliphatic rings. The van der Waals surface area contributed by atoms with Gasteiger partial charge >= 0.3 is 12.0 Å². The van der Waals surface area contributed by atoms with E-state index in [-0.39, 0.29) is 24.5 Å². The molecular weight excluding hydrogens is 250 g/mol. The van der Waals surface area contributed by atoms with Gasteiger partial charge in [-0.15, -0.1) is 0 Å². The minimum atomic E-state index is -0.497. The maximum absolute atomic E-state index is 11.5. The Balaban J connectivity index is 3.80. The number of urea groups is 1. The van der Waals surface area contributed by atoms with E-state index in [2.05, 4.69) is 15.4 Å². The summed E-state index contributed by atoms with van der Waals surface area (Å²) < 4.78 is 4.51. The summed E-state index contributed by atoms with van der Waals surface area (Å²) in [7, 11) is 3.09. The summed E-state index contributed by atoms with van der Waals surface area (Å²) in [6, 6.07) is -0.520. The Morgan fingerprint density at radius 3 is 2.42 bits per heavy atom. The van der Waals surface area contributed by atoms with Crippen LogP contribution in [0.4, 0.5) is 4.79 Å². The van der Waals surface area contributed by atoms with Gasteiger partial charge < -0.3 is 10.1 Å². The lowest BCUT2D eigenvalue weighted by atomic mass is 10.3. The van der Waals surface area contributed by atoms with Gasteiger partial charge in [0.2, 0.25) is 5.91 Å². The van der Waals surface area contributed by atoms with Gasteiger partial charge in [0, 0.05) is 12.5 Å². The molecule has 0 spiro atoms. The summed E-state index contributed by atoms with van der Waals surface area (Å²) in [6.07, 6.45) is 0.922. The lowest BCUT2D eigenvalue weighted by Crippen LogP contribution is -2.45. The molecule has 0 fully saturated rings. The zero-order chi connectivity index (χ0) is 14.8. The van der Waals surface area contributed by atoms with Gasteiger partial charge in [-0.25, -0.2) is 4.79 Å². The normalized spacial score (nSPS) is 10.4. The second-order valence-electron chi connectivity index (χ2n) is 4.59. The van der Waals surface area contributed by atoms with Crippen LogP contribution in [0.1, 0.15) is 26.7 Å².